The van der Waals surface area contributed by atoms with E-state index in [0.717, 1.165) is 16.6 Å². The van der Waals surface area contributed by atoms with Gasteiger partial charge < -0.3 is 4.98 Å². The second kappa shape index (κ2) is 5.77. The lowest BCUT2D eigenvalue weighted by atomic mass is 10.1. The molecule has 1 aliphatic rings. The van der Waals surface area contributed by atoms with Crippen LogP contribution in [0.15, 0.2) is 47.4 Å². The van der Waals surface area contributed by atoms with Gasteiger partial charge in [-0.15, -0.1) is 0 Å². The second-order valence-corrected chi connectivity index (χ2v) is 8.54. The summed E-state index contributed by atoms with van der Waals surface area (Å²) in [5, 5.41) is 1.72. The Balaban J connectivity index is 1.73. The Morgan fingerprint density at radius 2 is 1.88 bits per heavy atom. The molecule has 2 aromatic carbocycles. The Labute approximate surface area is 150 Å². The first-order valence-corrected chi connectivity index (χ1v) is 9.70. The first kappa shape index (κ1) is 16.0. The number of halogens is 2. The van der Waals surface area contributed by atoms with Gasteiger partial charge in [0.05, 0.1) is 11.6 Å². The van der Waals surface area contributed by atoms with E-state index >= 15 is 0 Å². The summed E-state index contributed by atoms with van der Waals surface area (Å²) in [4.78, 5) is 3.42. The zero-order valence-electron chi connectivity index (χ0n) is 12.6. The Kier molecular flexibility index (Phi) is 3.84. The van der Waals surface area contributed by atoms with Crippen molar-refractivity contribution < 1.29 is 8.42 Å². The van der Waals surface area contributed by atoms with Gasteiger partial charge in [-0.05, 0) is 36.2 Å². The van der Waals surface area contributed by atoms with Crippen LogP contribution in [0.5, 0.6) is 0 Å². The molecule has 1 N–H and O–H groups in total. The van der Waals surface area contributed by atoms with Crippen molar-refractivity contribution in [3.63, 3.8) is 0 Å². The highest BCUT2D eigenvalue weighted by Gasteiger charge is 2.31. The number of aromatic nitrogens is 1. The van der Waals surface area contributed by atoms with E-state index in [1.165, 1.54) is 22.0 Å². The third-order valence-corrected chi connectivity index (χ3v) is 6.92. The lowest BCUT2D eigenvalue weighted by molar-refractivity contribution is 0.388. The van der Waals surface area contributed by atoms with Crippen molar-refractivity contribution in [2.45, 2.75) is 17.9 Å². The summed E-state index contributed by atoms with van der Waals surface area (Å²) in [7, 11) is -3.67. The molecule has 0 amide bonds. The minimum atomic E-state index is -3.67. The van der Waals surface area contributed by atoms with E-state index in [0.29, 0.717) is 24.5 Å². The Morgan fingerprint density at radius 1 is 1.08 bits per heavy atom. The van der Waals surface area contributed by atoms with E-state index in [9.17, 15) is 8.42 Å². The number of sulfonamides is 1. The van der Waals surface area contributed by atoms with E-state index < -0.39 is 10.0 Å². The Hall–Kier alpha value is -1.53. The molecule has 24 heavy (non-hydrogen) atoms. The number of fused-ring (bicyclic) bond motifs is 3. The van der Waals surface area contributed by atoms with Crippen LogP contribution in [-0.4, -0.2) is 24.3 Å². The van der Waals surface area contributed by atoms with Gasteiger partial charge in [0.25, 0.3) is 0 Å². The van der Waals surface area contributed by atoms with Crippen molar-refractivity contribution in [3.8, 4) is 0 Å². The predicted molar refractivity (Wildman–Crippen MR) is 96.1 cm³/mol. The van der Waals surface area contributed by atoms with Crippen LogP contribution in [0, 0.1) is 0 Å². The molecule has 0 spiro atoms. The molecule has 7 heteroatoms. The number of nitrogens with one attached hydrogen (secondary N) is 1. The zero-order valence-corrected chi connectivity index (χ0v) is 14.9. The predicted octanol–water partition coefficient (Wildman–Crippen LogP) is 4.22. The molecule has 0 radical (unpaired) electrons. The molecule has 0 unspecified atom stereocenters. The Morgan fingerprint density at radius 3 is 2.67 bits per heavy atom. The molecule has 1 aliphatic heterocycles. The van der Waals surface area contributed by atoms with Crippen LogP contribution in [0.1, 0.15) is 11.3 Å². The zero-order chi connectivity index (χ0) is 16.9. The van der Waals surface area contributed by atoms with E-state index in [1.807, 2.05) is 18.2 Å². The topological polar surface area (TPSA) is 53.2 Å². The van der Waals surface area contributed by atoms with Crippen LogP contribution in [0.25, 0.3) is 10.9 Å². The lowest BCUT2D eigenvalue weighted by Gasteiger charge is -2.26. The van der Waals surface area contributed by atoms with Crippen LogP contribution in [-0.2, 0) is 23.0 Å². The van der Waals surface area contributed by atoms with Gasteiger partial charge >= 0.3 is 0 Å². The fraction of sp³-hybridized carbons (Fsp3) is 0.176. The number of para-hydroxylation sites is 1. The molecular formula is C17H14Cl2N2O2S. The van der Waals surface area contributed by atoms with E-state index in [4.69, 9.17) is 23.2 Å². The third kappa shape index (κ3) is 2.52. The number of hydrogen-bond acceptors (Lipinski definition) is 2. The maximum absolute atomic E-state index is 12.9. The van der Waals surface area contributed by atoms with Crippen LogP contribution in [0.2, 0.25) is 10.0 Å². The molecule has 4 nitrogen and oxygen atoms in total. The van der Waals surface area contributed by atoms with Crippen molar-refractivity contribution in [1.29, 1.82) is 0 Å². The summed E-state index contributed by atoms with van der Waals surface area (Å²) in [6, 6.07) is 12.5. The van der Waals surface area contributed by atoms with Gasteiger partial charge in [-0.3, -0.25) is 0 Å². The molecular weight excluding hydrogens is 367 g/mol. The van der Waals surface area contributed by atoms with Gasteiger partial charge in [-0.25, -0.2) is 8.42 Å². The van der Waals surface area contributed by atoms with Gasteiger partial charge in [0.2, 0.25) is 10.0 Å². The first-order valence-electron chi connectivity index (χ1n) is 7.50. The number of H-pyrrole nitrogens is 1. The highest BCUT2D eigenvalue weighted by molar-refractivity contribution is 7.89. The molecule has 0 bridgehead atoms. The maximum Gasteiger partial charge on any atom is 0.244 e. The SMILES string of the molecule is O=S(=O)(c1ccc(Cl)cc1Cl)N1CCc2c([nH]c3ccccc23)C1. The number of nitrogens with zero attached hydrogens (tertiary/aromatic N) is 1. The van der Waals surface area contributed by atoms with Crippen molar-refractivity contribution in [2.24, 2.45) is 0 Å². The van der Waals surface area contributed by atoms with Crippen molar-refractivity contribution in [1.82, 2.24) is 9.29 Å². The van der Waals surface area contributed by atoms with E-state index in [-0.39, 0.29) is 9.92 Å². The summed E-state index contributed by atoms with van der Waals surface area (Å²) < 4.78 is 27.3. The average Bonchev–Trinajstić information content (AvgIpc) is 2.92. The van der Waals surface area contributed by atoms with Crippen LogP contribution < -0.4 is 0 Å². The highest BCUT2D eigenvalue weighted by Crippen LogP contribution is 2.32. The molecule has 0 fully saturated rings. The van der Waals surface area contributed by atoms with Gasteiger partial charge in [0.15, 0.2) is 0 Å². The van der Waals surface area contributed by atoms with Crippen molar-refractivity contribution in [3.05, 3.63) is 63.8 Å². The number of hydrogen-bond donors (Lipinski definition) is 1. The number of benzene rings is 2. The maximum atomic E-state index is 12.9. The minimum absolute atomic E-state index is 0.0909. The smallest absolute Gasteiger partial charge is 0.244 e. The van der Waals surface area contributed by atoms with E-state index in [1.54, 1.807) is 6.07 Å². The number of aromatic amines is 1. The molecule has 0 aliphatic carbocycles. The summed E-state index contributed by atoms with van der Waals surface area (Å²) in [6.45, 7) is 0.738. The highest BCUT2D eigenvalue weighted by atomic mass is 35.5. The molecule has 1 aromatic heterocycles. The number of rotatable bonds is 2. The second-order valence-electron chi connectivity index (χ2n) is 5.79. The molecule has 2 heterocycles. The van der Waals surface area contributed by atoms with Gasteiger partial charge in [-0.2, -0.15) is 4.31 Å². The standard InChI is InChI=1S/C17H14Cl2N2O2S/c18-11-5-6-17(14(19)9-11)24(22,23)21-8-7-13-12-3-1-2-4-15(12)20-16(13)10-21/h1-6,9,20H,7-8,10H2. The minimum Gasteiger partial charge on any atom is -0.357 e. The molecule has 0 saturated carbocycles. The Bertz CT molecular complexity index is 1040. The molecule has 124 valence electrons. The van der Waals surface area contributed by atoms with Crippen LogP contribution >= 0.6 is 23.2 Å². The van der Waals surface area contributed by atoms with Gasteiger partial charge in [0.1, 0.15) is 4.90 Å². The van der Waals surface area contributed by atoms with Crippen LogP contribution in [0.3, 0.4) is 0 Å². The third-order valence-electron chi connectivity index (χ3n) is 4.36. The fourth-order valence-electron chi connectivity index (χ4n) is 3.20. The first-order chi connectivity index (χ1) is 11.5. The van der Waals surface area contributed by atoms with Gasteiger partial charge in [-0.1, -0.05) is 41.4 Å². The summed E-state index contributed by atoms with van der Waals surface area (Å²) >= 11 is 12.0. The fourth-order valence-corrected chi connectivity index (χ4v) is 5.35. The largest absolute Gasteiger partial charge is 0.357 e. The normalized spacial score (nSPS) is 15.6. The lowest BCUT2D eigenvalue weighted by Crippen LogP contribution is -2.36. The van der Waals surface area contributed by atoms with Crippen molar-refractivity contribution >= 4 is 44.1 Å². The van der Waals surface area contributed by atoms with Crippen molar-refractivity contribution in [2.75, 3.05) is 6.54 Å². The van der Waals surface area contributed by atoms with Gasteiger partial charge in [0, 0.05) is 28.2 Å². The van der Waals surface area contributed by atoms with E-state index in [2.05, 4.69) is 11.1 Å². The summed E-state index contributed by atoms with van der Waals surface area (Å²) in [5.41, 5.74) is 3.17. The molecule has 0 atom stereocenters. The molecule has 4 rings (SSSR count). The molecule has 0 saturated heterocycles. The summed E-state index contributed by atoms with van der Waals surface area (Å²) in [5.74, 6) is 0. The summed E-state index contributed by atoms with van der Waals surface area (Å²) in [6.07, 6.45) is 0.670. The average molecular weight is 381 g/mol. The monoisotopic (exact) mass is 380 g/mol. The quantitative estimate of drug-likeness (QED) is 0.723. The molecule has 3 aromatic rings. The van der Waals surface area contributed by atoms with Crippen LogP contribution in [0.4, 0.5) is 0 Å².